The van der Waals surface area contributed by atoms with Gasteiger partial charge >= 0.3 is 0 Å². The lowest BCUT2D eigenvalue weighted by atomic mass is 9.59. The van der Waals surface area contributed by atoms with E-state index in [1.165, 1.54) is 48.5 Å². The number of hydrogen-bond acceptors (Lipinski definition) is 11. The van der Waals surface area contributed by atoms with Crippen molar-refractivity contribution in [1.82, 2.24) is 19.6 Å². The molecule has 3 aromatic carbocycles. The summed E-state index contributed by atoms with van der Waals surface area (Å²) in [5.74, 6) is -0.0143. The molecule has 0 radical (unpaired) electrons. The molecule has 334 valence electrons. The number of nitrogens with one attached hydrogen (secondary N) is 3. The van der Waals surface area contributed by atoms with Crippen LogP contribution in [-0.2, 0) is 21.2 Å². The Bertz CT molecular complexity index is 2740. The van der Waals surface area contributed by atoms with Crippen molar-refractivity contribution < 1.29 is 27.6 Å². The van der Waals surface area contributed by atoms with Crippen molar-refractivity contribution in [3.05, 3.63) is 117 Å². The molecule has 5 aliphatic rings. The lowest BCUT2D eigenvalue weighted by Crippen LogP contribution is -2.47. The van der Waals surface area contributed by atoms with Crippen LogP contribution in [0.25, 0.3) is 16.6 Å². The van der Waals surface area contributed by atoms with Crippen molar-refractivity contribution in [2.45, 2.75) is 75.1 Å². The van der Waals surface area contributed by atoms with E-state index < -0.39 is 20.9 Å². The molecule has 14 nitrogen and oxygen atoms in total. The van der Waals surface area contributed by atoms with Gasteiger partial charge < -0.3 is 24.7 Å². The first-order valence-corrected chi connectivity index (χ1v) is 24.3. The smallest absolute Gasteiger partial charge is 0.276 e. The van der Waals surface area contributed by atoms with E-state index in [4.69, 9.17) is 21.1 Å². The van der Waals surface area contributed by atoms with Crippen LogP contribution in [0, 0.1) is 21.4 Å². The van der Waals surface area contributed by atoms with Gasteiger partial charge in [0.25, 0.3) is 21.6 Å². The number of aromatic amines is 1. The molecule has 1 atom stereocenters. The Morgan fingerprint density at radius 2 is 1.81 bits per heavy atom. The van der Waals surface area contributed by atoms with Crippen LogP contribution in [0.3, 0.4) is 0 Å². The second-order valence-corrected chi connectivity index (χ2v) is 20.4. The quantitative estimate of drug-likeness (QED) is 0.0806. The highest BCUT2D eigenvalue weighted by Crippen LogP contribution is 2.55. The fraction of sp³-hybridized carbons (Fsp3) is 0.417. The topological polar surface area (TPSA) is 172 Å². The molecule has 5 heterocycles. The third-order valence-electron chi connectivity index (χ3n) is 14.2. The van der Waals surface area contributed by atoms with Gasteiger partial charge in [-0.1, -0.05) is 35.7 Å². The Balaban J connectivity index is 0.875. The first kappa shape index (κ1) is 42.5. The number of anilines is 2. The van der Waals surface area contributed by atoms with E-state index in [-0.39, 0.29) is 27.9 Å². The lowest BCUT2D eigenvalue weighted by Gasteiger charge is -2.47. The molecule has 3 N–H and O–H groups in total. The molecule has 3 fully saturated rings. The highest BCUT2D eigenvalue weighted by Gasteiger charge is 2.41. The number of allylic oxidation sites excluding steroid dienone is 1. The zero-order chi connectivity index (χ0) is 44.0. The molecule has 1 amide bonds. The minimum atomic E-state index is -4.58. The van der Waals surface area contributed by atoms with E-state index in [2.05, 4.69) is 41.9 Å². The molecular weight excluding hydrogens is 854 g/mol. The van der Waals surface area contributed by atoms with Crippen molar-refractivity contribution in [2.75, 3.05) is 56.2 Å². The summed E-state index contributed by atoms with van der Waals surface area (Å²) in [5.41, 5.74) is 6.75. The number of hydrogen-bond donors (Lipinski definition) is 3. The normalized spacial score (nSPS) is 20.2. The van der Waals surface area contributed by atoms with Gasteiger partial charge in [-0.3, -0.25) is 19.8 Å². The van der Waals surface area contributed by atoms with Crippen LogP contribution in [0.4, 0.5) is 17.1 Å². The predicted octanol–water partition coefficient (Wildman–Crippen LogP) is 9.12. The second kappa shape index (κ2) is 17.5. The SMILES string of the molecule is O=C(NS(=O)(=O)c1cc2c(c([N+](=O)[O-])c1)CC(CC1CCOCC1)N2)c1ccc(N2CCN(CC3=C(c4ccc(Cl)cc4)CC4(CCC4)CC3)CC2)cc1Oc1cnc2[nH]ccc2c1. The number of fused-ring (bicyclic) bond motifs is 2. The first-order valence-electron chi connectivity index (χ1n) is 22.4. The molecule has 2 saturated heterocycles. The summed E-state index contributed by atoms with van der Waals surface area (Å²) in [6, 6.07) is 19.5. The molecule has 64 heavy (non-hydrogen) atoms. The van der Waals surface area contributed by atoms with E-state index in [1.54, 1.807) is 36.7 Å². The van der Waals surface area contributed by atoms with Crippen molar-refractivity contribution in [2.24, 2.45) is 11.3 Å². The number of nitro groups is 1. The van der Waals surface area contributed by atoms with Gasteiger partial charge in [-0.25, -0.2) is 18.1 Å². The number of halogens is 1. The largest absolute Gasteiger partial charge is 0.455 e. The number of amides is 1. The number of H-pyrrole nitrogens is 1. The van der Waals surface area contributed by atoms with E-state index in [0.29, 0.717) is 53.6 Å². The highest BCUT2D eigenvalue weighted by atomic mass is 35.5. The Labute approximate surface area is 377 Å². The highest BCUT2D eigenvalue weighted by molar-refractivity contribution is 7.90. The van der Waals surface area contributed by atoms with Crippen LogP contribution in [0.15, 0.2) is 89.6 Å². The molecule has 1 unspecified atom stereocenters. The molecule has 3 aliphatic heterocycles. The van der Waals surface area contributed by atoms with Gasteiger partial charge in [-0.05, 0) is 116 Å². The summed E-state index contributed by atoms with van der Waals surface area (Å²) in [5, 5.41) is 17.2. The average Bonchev–Trinajstić information content (AvgIpc) is 3.93. The fourth-order valence-corrected chi connectivity index (χ4v) is 11.6. The number of rotatable bonds is 12. The summed E-state index contributed by atoms with van der Waals surface area (Å²) in [4.78, 5) is 37.7. The number of piperazine rings is 1. The molecule has 2 aliphatic carbocycles. The van der Waals surface area contributed by atoms with E-state index >= 15 is 0 Å². The molecule has 0 bridgehead atoms. The monoisotopic (exact) mass is 905 g/mol. The number of ether oxygens (including phenoxy) is 2. The number of carbonyl (C=O) groups excluding carboxylic acids is 1. The Morgan fingerprint density at radius 1 is 1.02 bits per heavy atom. The zero-order valence-corrected chi connectivity index (χ0v) is 37.2. The Kier molecular flexibility index (Phi) is 11.6. The molecular formula is C48H52ClN7O7S. The third-order valence-corrected chi connectivity index (χ3v) is 15.8. The zero-order valence-electron chi connectivity index (χ0n) is 35.6. The van der Waals surface area contributed by atoms with Gasteiger partial charge in [0.2, 0.25) is 0 Å². The first-order chi connectivity index (χ1) is 31.0. The Morgan fingerprint density at radius 3 is 2.56 bits per heavy atom. The predicted molar refractivity (Wildman–Crippen MR) is 247 cm³/mol. The summed E-state index contributed by atoms with van der Waals surface area (Å²) < 4.78 is 42.0. The number of carbonyl (C=O) groups is 1. The maximum atomic E-state index is 14.1. The molecule has 1 saturated carbocycles. The third kappa shape index (κ3) is 8.82. The summed E-state index contributed by atoms with van der Waals surface area (Å²) in [7, 11) is -4.58. The average molecular weight is 907 g/mol. The Hall–Kier alpha value is -5.48. The van der Waals surface area contributed by atoms with E-state index in [9.17, 15) is 23.3 Å². The van der Waals surface area contributed by atoms with Crippen LogP contribution in [0.2, 0.25) is 5.02 Å². The summed E-state index contributed by atoms with van der Waals surface area (Å²) in [6.45, 7) is 5.45. The van der Waals surface area contributed by atoms with E-state index in [1.807, 2.05) is 18.2 Å². The fourth-order valence-electron chi connectivity index (χ4n) is 10.5. The van der Waals surface area contributed by atoms with E-state index in [0.717, 1.165) is 87.0 Å². The van der Waals surface area contributed by atoms with Gasteiger partial charge in [-0.15, -0.1) is 0 Å². The van der Waals surface area contributed by atoms with Crippen molar-refractivity contribution >= 4 is 61.2 Å². The van der Waals surface area contributed by atoms with Crippen molar-refractivity contribution in [3.8, 4) is 11.5 Å². The van der Waals surface area contributed by atoms with Crippen LogP contribution in [0.5, 0.6) is 11.5 Å². The molecule has 16 heteroatoms. The minimum absolute atomic E-state index is 0.0198. The van der Waals surface area contributed by atoms with Gasteiger partial charge in [0.05, 0.1) is 27.1 Å². The number of nitro benzene ring substituents is 1. The molecule has 10 rings (SSSR count). The van der Waals surface area contributed by atoms with Crippen LogP contribution < -0.4 is 19.7 Å². The van der Waals surface area contributed by atoms with Crippen LogP contribution in [0.1, 0.15) is 79.3 Å². The van der Waals surface area contributed by atoms with Crippen molar-refractivity contribution in [1.29, 1.82) is 0 Å². The van der Waals surface area contributed by atoms with Gasteiger partial charge in [0.1, 0.15) is 17.1 Å². The summed E-state index contributed by atoms with van der Waals surface area (Å²) >= 11 is 6.29. The minimum Gasteiger partial charge on any atom is -0.455 e. The number of nitrogens with zero attached hydrogens (tertiary/aromatic N) is 4. The second-order valence-electron chi connectivity index (χ2n) is 18.2. The van der Waals surface area contributed by atoms with Crippen molar-refractivity contribution in [3.63, 3.8) is 0 Å². The van der Waals surface area contributed by atoms with Crippen LogP contribution in [-0.4, -0.2) is 86.1 Å². The van der Waals surface area contributed by atoms with Gasteiger partial charge in [-0.2, -0.15) is 0 Å². The number of pyridine rings is 1. The molecule has 1 spiro atoms. The van der Waals surface area contributed by atoms with Crippen LogP contribution >= 0.6 is 11.6 Å². The maximum absolute atomic E-state index is 14.1. The molecule has 5 aromatic rings. The summed E-state index contributed by atoms with van der Waals surface area (Å²) in [6.07, 6.45) is 13.8. The number of aromatic nitrogens is 2. The van der Waals surface area contributed by atoms with Gasteiger partial charge in [0, 0.05) is 98.5 Å². The van der Waals surface area contributed by atoms with Gasteiger partial charge in [0.15, 0.2) is 0 Å². The number of benzene rings is 3. The number of sulfonamides is 1. The standard InChI is InChI=1S/C48H52ClN7O7S/c49-35-4-2-32(3-5-35)42-28-48(12-1-13-48)14-8-34(42)30-54-16-18-55(19-17-54)37-6-7-40(45(25-37)63-38-23-33-9-15-50-46(33)51-29-38)47(57)53-64(60,61)39-26-43-41(44(27-39)56(58)59)24-36(52-43)22-31-10-20-62-21-11-31/h2-7,9,15,23,25-27,29,31,36,52H,1,8,10-14,16-22,24,28,30H2,(H,50,51)(H,53,57). The lowest BCUT2D eigenvalue weighted by molar-refractivity contribution is -0.385. The maximum Gasteiger partial charge on any atom is 0.276 e. The molecule has 2 aromatic heterocycles.